The van der Waals surface area contributed by atoms with Gasteiger partial charge in [-0.15, -0.1) is 0 Å². The van der Waals surface area contributed by atoms with E-state index in [2.05, 4.69) is 28.2 Å². The minimum absolute atomic E-state index is 0.00974. The Hall–Kier alpha value is -1.86. The zero-order chi connectivity index (χ0) is 19.9. The van der Waals surface area contributed by atoms with Crippen molar-refractivity contribution in [2.24, 2.45) is 5.92 Å². The highest BCUT2D eigenvalue weighted by Crippen LogP contribution is 2.39. The number of unbranched alkanes of at least 4 members (excludes halogenated alkanes) is 3. The zero-order valence-electron chi connectivity index (χ0n) is 17.1. The van der Waals surface area contributed by atoms with Crippen molar-refractivity contribution in [1.29, 1.82) is 0 Å². The molecule has 0 bridgehead atoms. The molecule has 0 spiro atoms. The van der Waals surface area contributed by atoms with E-state index in [1.54, 1.807) is 7.11 Å². The van der Waals surface area contributed by atoms with Gasteiger partial charge in [0.2, 0.25) is 5.91 Å². The highest BCUT2D eigenvalue weighted by Gasteiger charge is 2.21. The van der Waals surface area contributed by atoms with Gasteiger partial charge in [-0.3, -0.25) is 4.79 Å². The largest absolute Gasteiger partial charge is 0.494 e. The lowest BCUT2D eigenvalue weighted by Gasteiger charge is -2.29. The number of anilines is 2. The molecule has 1 unspecified atom stereocenters. The maximum absolute atomic E-state index is 12.6. The second-order valence-electron chi connectivity index (χ2n) is 7.32. The first kappa shape index (κ1) is 20.9. The molecule has 1 aliphatic rings. The molecule has 2 aromatic rings. The summed E-state index contributed by atoms with van der Waals surface area (Å²) in [4.78, 5) is 19.6. The number of nitrogens with zero attached hydrogens (tertiary/aromatic N) is 2. The molecule has 154 valence electrons. The van der Waals surface area contributed by atoms with E-state index in [0.29, 0.717) is 5.13 Å². The van der Waals surface area contributed by atoms with E-state index in [1.807, 2.05) is 13.0 Å². The molecular formula is C21H31N3O3S. The van der Waals surface area contributed by atoms with Crippen LogP contribution in [0.2, 0.25) is 0 Å². The van der Waals surface area contributed by atoms with Crippen LogP contribution < -0.4 is 15.0 Å². The van der Waals surface area contributed by atoms with Gasteiger partial charge in [0.25, 0.3) is 0 Å². The molecule has 3 rings (SSSR count). The van der Waals surface area contributed by atoms with Crippen LogP contribution >= 0.6 is 11.3 Å². The summed E-state index contributed by atoms with van der Waals surface area (Å²) in [7, 11) is 1.65. The molecule has 1 atom stereocenters. The maximum Gasteiger partial charge on any atom is 0.228 e. The highest BCUT2D eigenvalue weighted by atomic mass is 32.1. The fourth-order valence-corrected chi connectivity index (χ4v) is 4.50. The van der Waals surface area contributed by atoms with E-state index in [4.69, 9.17) is 9.47 Å². The number of hydrogen-bond donors (Lipinski definition) is 1. The van der Waals surface area contributed by atoms with Crippen molar-refractivity contribution in [3.8, 4) is 5.75 Å². The number of thiazole rings is 1. The van der Waals surface area contributed by atoms with E-state index >= 15 is 0 Å². The maximum atomic E-state index is 12.6. The van der Waals surface area contributed by atoms with Gasteiger partial charge in [0.15, 0.2) is 5.13 Å². The number of carbonyl (C=O) groups excluding carboxylic acids is 1. The monoisotopic (exact) mass is 405 g/mol. The summed E-state index contributed by atoms with van der Waals surface area (Å²) in [5.74, 6) is 0.767. The minimum atomic E-state index is -0.00974. The predicted octanol–water partition coefficient (Wildman–Crippen LogP) is 4.69. The number of benzene rings is 1. The lowest BCUT2D eigenvalue weighted by molar-refractivity contribution is -0.119. The Kier molecular flexibility index (Phi) is 7.50. The zero-order valence-corrected chi connectivity index (χ0v) is 17.9. The SMILES string of the molecule is CCCCCCC(C)C(=O)Nc1nc2c(OC)ccc(N3CCOCC3)c2s1. The summed E-state index contributed by atoms with van der Waals surface area (Å²) in [6.07, 6.45) is 5.64. The predicted molar refractivity (Wildman–Crippen MR) is 116 cm³/mol. The normalized spacial score (nSPS) is 15.6. The van der Waals surface area contributed by atoms with Crippen LogP contribution in [-0.2, 0) is 9.53 Å². The van der Waals surface area contributed by atoms with Crippen molar-refractivity contribution in [2.45, 2.75) is 46.0 Å². The third kappa shape index (κ3) is 4.94. The number of ether oxygens (including phenoxy) is 2. The van der Waals surface area contributed by atoms with Gasteiger partial charge in [-0.2, -0.15) is 0 Å². The first-order chi connectivity index (χ1) is 13.6. The van der Waals surface area contributed by atoms with Gasteiger partial charge in [-0.05, 0) is 18.6 Å². The number of fused-ring (bicyclic) bond motifs is 1. The Labute approximate surface area is 171 Å². The van der Waals surface area contributed by atoms with Crippen molar-refractivity contribution < 1.29 is 14.3 Å². The molecule has 1 N–H and O–H groups in total. The molecule has 1 aromatic carbocycles. The molecule has 7 heteroatoms. The molecule has 0 radical (unpaired) electrons. The summed E-state index contributed by atoms with van der Waals surface area (Å²) < 4.78 is 12.0. The van der Waals surface area contributed by atoms with Crippen molar-refractivity contribution in [3.05, 3.63) is 12.1 Å². The number of amides is 1. The third-order valence-corrected chi connectivity index (χ3v) is 6.22. The summed E-state index contributed by atoms with van der Waals surface area (Å²) >= 11 is 1.52. The summed E-state index contributed by atoms with van der Waals surface area (Å²) in [6, 6.07) is 4.03. The Balaban J connectivity index is 1.75. The van der Waals surface area contributed by atoms with Crippen LogP contribution in [0.5, 0.6) is 5.75 Å². The molecule has 1 fully saturated rings. The smallest absolute Gasteiger partial charge is 0.228 e. The minimum Gasteiger partial charge on any atom is -0.494 e. The first-order valence-electron chi connectivity index (χ1n) is 10.2. The fourth-order valence-electron chi connectivity index (χ4n) is 3.48. The van der Waals surface area contributed by atoms with E-state index in [0.717, 1.165) is 60.8 Å². The molecule has 0 saturated carbocycles. The van der Waals surface area contributed by atoms with E-state index < -0.39 is 0 Å². The van der Waals surface area contributed by atoms with Gasteiger partial charge < -0.3 is 19.7 Å². The molecule has 1 saturated heterocycles. The number of hydrogen-bond acceptors (Lipinski definition) is 6. The van der Waals surface area contributed by atoms with Gasteiger partial charge in [0.05, 0.1) is 30.7 Å². The molecule has 2 heterocycles. The van der Waals surface area contributed by atoms with Crippen molar-refractivity contribution in [2.75, 3.05) is 43.6 Å². The van der Waals surface area contributed by atoms with Crippen molar-refractivity contribution in [3.63, 3.8) is 0 Å². The second-order valence-corrected chi connectivity index (χ2v) is 8.32. The molecule has 1 aliphatic heterocycles. The lowest BCUT2D eigenvalue weighted by atomic mass is 10.0. The Morgan fingerprint density at radius 3 is 2.82 bits per heavy atom. The number of morpholine rings is 1. The third-order valence-electron chi connectivity index (χ3n) is 5.23. The van der Waals surface area contributed by atoms with E-state index in [1.165, 1.54) is 30.6 Å². The number of rotatable bonds is 9. The second kappa shape index (κ2) is 10.1. The molecule has 6 nitrogen and oxygen atoms in total. The topological polar surface area (TPSA) is 63.7 Å². The van der Waals surface area contributed by atoms with Crippen LogP contribution in [-0.4, -0.2) is 44.3 Å². The van der Waals surface area contributed by atoms with Crippen LogP contribution in [0.4, 0.5) is 10.8 Å². The van der Waals surface area contributed by atoms with Gasteiger partial charge in [-0.1, -0.05) is 50.9 Å². The van der Waals surface area contributed by atoms with Crippen LogP contribution in [0.15, 0.2) is 12.1 Å². The Morgan fingerprint density at radius 1 is 1.32 bits per heavy atom. The standard InChI is InChI=1S/C21H31N3O3S/c1-4-5-6-7-8-15(2)20(25)23-21-22-18-17(26-3)10-9-16(19(18)28-21)24-11-13-27-14-12-24/h9-10,15H,4-8,11-14H2,1-3H3,(H,22,23,25). The van der Waals surface area contributed by atoms with Crippen LogP contribution in [0.3, 0.4) is 0 Å². The molecule has 0 aliphatic carbocycles. The van der Waals surface area contributed by atoms with E-state index in [-0.39, 0.29) is 11.8 Å². The summed E-state index contributed by atoms with van der Waals surface area (Å²) in [5, 5.41) is 3.66. The molecule has 28 heavy (non-hydrogen) atoms. The van der Waals surface area contributed by atoms with Gasteiger partial charge in [0.1, 0.15) is 11.3 Å². The number of nitrogens with one attached hydrogen (secondary N) is 1. The summed E-state index contributed by atoms with van der Waals surface area (Å²) in [6.45, 7) is 7.36. The Morgan fingerprint density at radius 2 is 2.11 bits per heavy atom. The Bertz CT molecular complexity index is 787. The number of carbonyl (C=O) groups is 1. The van der Waals surface area contributed by atoms with Crippen LogP contribution in [0, 0.1) is 5.92 Å². The van der Waals surface area contributed by atoms with Gasteiger partial charge in [-0.25, -0.2) is 4.98 Å². The molecule has 1 aromatic heterocycles. The van der Waals surface area contributed by atoms with E-state index in [9.17, 15) is 4.79 Å². The molecular weight excluding hydrogens is 374 g/mol. The van der Waals surface area contributed by atoms with Crippen LogP contribution in [0.25, 0.3) is 10.2 Å². The highest BCUT2D eigenvalue weighted by molar-refractivity contribution is 7.23. The van der Waals surface area contributed by atoms with Crippen molar-refractivity contribution in [1.82, 2.24) is 4.98 Å². The van der Waals surface area contributed by atoms with Gasteiger partial charge >= 0.3 is 0 Å². The quantitative estimate of drug-likeness (QED) is 0.613. The van der Waals surface area contributed by atoms with Crippen molar-refractivity contribution >= 4 is 38.3 Å². The fraction of sp³-hybridized carbons (Fsp3) is 0.619. The molecule has 1 amide bonds. The number of methoxy groups -OCH3 is 1. The van der Waals surface area contributed by atoms with Crippen LogP contribution in [0.1, 0.15) is 46.0 Å². The average Bonchev–Trinajstić information content (AvgIpc) is 3.14. The first-order valence-corrected chi connectivity index (χ1v) is 11.1. The average molecular weight is 406 g/mol. The number of aromatic nitrogens is 1. The summed E-state index contributed by atoms with van der Waals surface area (Å²) in [5.41, 5.74) is 1.94. The van der Waals surface area contributed by atoms with Gasteiger partial charge in [0, 0.05) is 19.0 Å². The lowest BCUT2D eigenvalue weighted by Crippen LogP contribution is -2.36.